The van der Waals surface area contributed by atoms with Crippen molar-refractivity contribution in [1.29, 1.82) is 0 Å². The zero-order chi connectivity index (χ0) is 18.4. The molecule has 0 radical (unpaired) electrons. The summed E-state index contributed by atoms with van der Waals surface area (Å²) in [5, 5.41) is 2.90. The summed E-state index contributed by atoms with van der Waals surface area (Å²) in [5.41, 5.74) is 1.35. The molecule has 5 nitrogen and oxygen atoms in total. The molecule has 0 saturated carbocycles. The van der Waals surface area contributed by atoms with Crippen molar-refractivity contribution in [2.45, 2.75) is 25.9 Å². The highest BCUT2D eigenvalue weighted by atomic mass is 16.5. The number of hydrogen-bond acceptors (Lipinski definition) is 4. The Labute approximate surface area is 154 Å². The molecule has 1 amide bonds. The third kappa shape index (κ3) is 4.99. The van der Waals surface area contributed by atoms with Crippen LogP contribution in [-0.4, -0.2) is 43.7 Å². The molecule has 0 bridgehead atoms. The summed E-state index contributed by atoms with van der Waals surface area (Å²) in [6.07, 6.45) is 2.37. The molecule has 5 heteroatoms. The van der Waals surface area contributed by atoms with E-state index in [0.717, 1.165) is 43.1 Å². The molecular formula is C21H26N2O3. The number of rotatable bonds is 6. The van der Waals surface area contributed by atoms with Gasteiger partial charge < -0.3 is 19.7 Å². The van der Waals surface area contributed by atoms with Crippen molar-refractivity contribution in [2.24, 2.45) is 0 Å². The van der Waals surface area contributed by atoms with Crippen LogP contribution in [-0.2, 0) is 0 Å². The molecule has 0 atom stereocenters. The molecule has 3 rings (SSSR count). The Bertz CT molecular complexity index is 705. The molecule has 2 aromatic carbocycles. The molecule has 26 heavy (non-hydrogen) atoms. The van der Waals surface area contributed by atoms with Crippen molar-refractivity contribution in [3.05, 3.63) is 54.1 Å². The van der Waals surface area contributed by atoms with Crippen LogP contribution in [0.5, 0.6) is 11.5 Å². The first-order valence-electron chi connectivity index (χ1n) is 9.13. The number of amides is 1. The molecule has 1 aliphatic heterocycles. The molecule has 2 aromatic rings. The Kier molecular flexibility index (Phi) is 6.12. The van der Waals surface area contributed by atoms with Gasteiger partial charge in [-0.05, 0) is 75.3 Å². The molecule has 0 spiro atoms. The molecule has 0 aromatic heterocycles. The molecule has 138 valence electrons. The second-order valence-corrected chi connectivity index (χ2v) is 6.56. The zero-order valence-corrected chi connectivity index (χ0v) is 15.4. The Hall–Kier alpha value is -2.53. The van der Waals surface area contributed by atoms with Crippen LogP contribution in [0, 0.1) is 0 Å². The van der Waals surface area contributed by atoms with Gasteiger partial charge in [-0.25, -0.2) is 0 Å². The quantitative estimate of drug-likeness (QED) is 0.857. The number of nitrogens with zero attached hydrogens (tertiary/aromatic N) is 1. The van der Waals surface area contributed by atoms with Crippen molar-refractivity contribution in [3.8, 4) is 11.5 Å². The molecule has 1 fully saturated rings. The molecule has 0 unspecified atom stereocenters. The number of benzene rings is 2. The summed E-state index contributed by atoms with van der Waals surface area (Å²) in [4.78, 5) is 14.6. The first kappa shape index (κ1) is 18.3. The molecule has 1 N–H and O–H groups in total. The maximum Gasteiger partial charge on any atom is 0.255 e. The van der Waals surface area contributed by atoms with Gasteiger partial charge in [-0.15, -0.1) is 0 Å². The van der Waals surface area contributed by atoms with Gasteiger partial charge in [0.1, 0.15) is 17.6 Å². The maximum absolute atomic E-state index is 12.3. The van der Waals surface area contributed by atoms with Crippen LogP contribution in [0.2, 0.25) is 0 Å². The van der Waals surface area contributed by atoms with E-state index in [-0.39, 0.29) is 12.0 Å². The van der Waals surface area contributed by atoms with Crippen LogP contribution in [0.4, 0.5) is 5.69 Å². The zero-order valence-electron chi connectivity index (χ0n) is 15.4. The fraction of sp³-hybridized carbons (Fsp3) is 0.381. The number of piperidine rings is 1. The highest BCUT2D eigenvalue weighted by Crippen LogP contribution is 2.21. The fourth-order valence-corrected chi connectivity index (χ4v) is 2.98. The lowest BCUT2D eigenvalue weighted by Gasteiger charge is -2.29. The molecule has 1 saturated heterocycles. The van der Waals surface area contributed by atoms with E-state index in [1.165, 1.54) is 0 Å². The average Bonchev–Trinajstić information content (AvgIpc) is 2.66. The van der Waals surface area contributed by atoms with Crippen molar-refractivity contribution < 1.29 is 14.3 Å². The van der Waals surface area contributed by atoms with Crippen molar-refractivity contribution >= 4 is 11.6 Å². The Morgan fingerprint density at radius 2 is 1.65 bits per heavy atom. The number of nitrogens with one attached hydrogen (secondary N) is 1. The number of carbonyl (C=O) groups excluding carboxylic acids is 1. The number of hydrogen-bond donors (Lipinski definition) is 1. The van der Waals surface area contributed by atoms with Gasteiger partial charge in [-0.1, -0.05) is 0 Å². The minimum atomic E-state index is -0.142. The third-order valence-corrected chi connectivity index (χ3v) is 4.51. The molecule has 1 heterocycles. The van der Waals surface area contributed by atoms with Gasteiger partial charge in [-0.2, -0.15) is 0 Å². The summed E-state index contributed by atoms with van der Waals surface area (Å²) in [6.45, 7) is 4.68. The number of ether oxygens (including phenoxy) is 2. The van der Waals surface area contributed by atoms with Gasteiger partial charge in [0.25, 0.3) is 5.91 Å². The minimum absolute atomic E-state index is 0.142. The average molecular weight is 354 g/mol. The van der Waals surface area contributed by atoms with E-state index in [1.807, 2.05) is 31.2 Å². The van der Waals surface area contributed by atoms with E-state index in [9.17, 15) is 4.79 Å². The first-order valence-corrected chi connectivity index (χ1v) is 9.13. The summed E-state index contributed by atoms with van der Waals surface area (Å²) in [5.74, 6) is 1.47. The Balaban J connectivity index is 1.54. The lowest BCUT2D eigenvalue weighted by atomic mass is 10.1. The van der Waals surface area contributed by atoms with Crippen LogP contribution < -0.4 is 14.8 Å². The van der Waals surface area contributed by atoms with Crippen LogP contribution >= 0.6 is 0 Å². The largest absolute Gasteiger partial charge is 0.494 e. The standard InChI is InChI=1S/C21H26N2O3/c1-3-25-18-8-4-16(5-9-18)21(24)22-17-6-10-19(11-7-17)26-20-12-14-23(2)15-13-20/h4-11,20H,3,12-15H2,1-2H3,(H,22,24). The van der Waals surface area contributed by atoms with Gasteiger partial charge in [0.05, 0.1) is 6.61 Å². The summed E-state index contributed by atoms with van der Waals surface area (Å²) < 4.78 is 11.4. The van der Waals surface area contributed by atoms with Gasteiger partial charge in [0.2, 0.25) is 0 Å². The van der Waals surface area contributed by atoms with Crippen LogP contribution in [0.3, 0.4) is 0 Å². The Morgan fingerprint density at radius 3 is 2.27 bits per heavy atom. The van der Waals surface area contributed by atoms with E-state index in [4.69, 9.17) is 9.47 Å². The Morgan fingerprint density at radius 1 is 1.04 bits per heavy atom. The van der Waals surface area contributed by atoms with Gasteiger partial charge in [0.15, 0.2) is 0 Å². The minimum Gasteiger partial charge on any atom is -0.494 e. The third-order valence-electron chi connectivity index (χ3n) is 4.51. The van der Waals surface area contributed by atoms with Gasteiger partial charge in [-0.3, -0.25) is 4.79 Å². The number of carbonyl (C=O) groups is 1. The van der Waals surface area contributed by atoms with E-state index >= 15 is 0 Å². The lowest BCUT2D eigenvalue weighted by molar-refractivity contribution is 0.102. The predicted octanol–water partition coefficient (Wildman–Crippen LogP) is 3.81. The van der Waals surface area contributed by atoms with Crippen molar-refractivity contribution in [2.75, 3.05) is 32.1 Å². The smallest absolute Gasteiger partial charge is 0.255 e. The van der Waals surface area contributed by atoms with Crippen molar-refractivity contribution in [1.82, 2.24) is 4.90 Å². The van der Waals surface area contributed by atoms with Crippen LogP contribution in [0.1, 0.15) is 30.1 Å². The second-order valence-electron chi connectivity index (χ2n) is 6.56. The maximum atomic E-state index is 12.3. The van der Waals surface area contributed by atoms with E-state index in [2.05, 4.69) is 17.3 Å². The second kappa shape index (κ2) is 8.72. The molecule has 1 aliphatic rings. The summed E-state index contributed by atoms with van der Waals surface area (Å²) in [6, 6.07) is 14.7. The van der Waals surface area contributed by atoms with E-state index in [0.29, 0.717) is 12.2 Å². The highest BCUT2D eigenvalue weighted by molar-refractivity contribution is 6.04. The van der Waals surface area contributed by atoms with Crippen LogP contribution in [0.25, 0.3) is 0 Å². The van der Waals surface area contributed by atoms with Crippen LogP contribution in [0.15, 0.2) is 48.5 Å². The predicted molar refractivity (Wildman–Crippen MR) is 103 cm³/mol. The highest BCUT2D eigenvalue weighted by Gasteiger charge is 2.17. The van der Waals surface area contributed by atoms with Gasteiger partial charge in [0, 0.05) is 24.3 Å². The van der Waals surface area contributed by atoms with Gasteiger partial charge >= 0.3 is 0 Å². The first-order chi connectivity index (χ1) is 12.6. The topological polar surface area (TPSA) is 50.8 Å². The number of likely N-dealkylation sites (tertiary alicyclic amines) is 1. The van der Waals surface area contributed by atoms with Crippen molar-refractivity contribution in [3.63, 3.8) is 0 Å². The van der Waals surface area contributed by atoms with E-state index < -0.39 is 0 Å². The molecular weight excluding hydrogens is 328 g/mol. The summed E-state index contributed by atoms with van der Waals surface area (Å²) >= 11 is 0. The fourth-order valence-electron chi connectivity index (χ4n) is 2.98. The SMILES string of the molecule is CCOc1ccc(C(=O)Nc2ccc(OC3CCN(C)CC3)cc2)cc1. The number of anilines is 1. The van der Waals surface area contributed by atoms with E-state index in [1.54, 1.807) is 24.3 Å². The monoisotopic (exact) mass is 354 g/mol. The summed E-state index contributed by atoms with van der Waals surface area (Å²) in [7, 11) is 2.14. The lowest BCUT2D eigenvalue weighted by Crippen LogP contribution is -2.35. The normalized spacial score (nSPS) is 15.5. The molecule has 0 aliphatic carbocycles.